The van der Waals surface area contributed by atoms with Gasteiger partial charge in [0.25, 0.3) is 0 Å². The van der Waals surface area contributed by atoms with Gasteiger partial charge in [-0.05, 0) is 13.3 Å². The van der Waals surface area contributed by atoms with Crippen molar-refractivity contribution in [2.45, 2.75) is 46.6 Å². The van der Waals surface area contributed by atoms with Crippen molar-refractivity contribution in [3.05, 3.63) is 28.0 Å². The molecule has 0 spiro atoms. The highest BCUT2D eigenvalue weighted by Gasteiger charge is 2.08. The minimum absolute atomic E-state index is 0.301. The van der Waals surface area contributed by atoms with Crippen LogP contribution in [0.25, 0.3) is 0 Å². The van der Waals surface area contributed by atoms with Gasteiger partial charge in [-0.25, -0.2) is 15.0 Å². The summed E-state index contributed by atoms with van der Waals surface area (Å²) in [7, 11) is 0. The van der Waals surface area contributed by atoms with Gasteiger partial charge >= 0.3 is 0 Å². The monoisotopic (exact) mass is 305 g/mol. The average Bonchev–Trinajstić information content (AvgIpc) is 2.88. The van der Waals surface area contributed by atoms with Crippen LogP contribution in [0.1, 0.15) is 49.6 Å². The van der Waals surface area contributed by atoms with Crippen molar-refractivity contribution in [3.8, 4) is 0 Å². The molecule has 6 heteroatoms. The lowest BCUT2D eigenvalue weighted by atomic mass is 10.2. The van der Waals surface area contributed by atoms with E-state index in [2.05, 4.69) is 51.7 Å². The largest absolute Gasteiger partial charge is 0.370 e. The number of nitrogens with zero attached hydrogens (tertiary/aromatic N) is 3. The number of anilines is 2. The van der Waals surface area contributed by atoms with E-state index in [0.29, 0.717) is 12.5 Å². The van der Waals surface area contributed by atoms with Crippen LogP contribution in [0.2, 0.25) is 0 Å². The maximum Gasteiger partial charge on any atom is 0.135 e. The first-order valence-electron chi connectivity index (χ1n) is 7.36. The van der Waals surface area contributed by atoms with Crippen LogP contribution in [0.3, 0.4) is 0 Å². The first-order valence-corrected chi connectivity index (χ1v) is 8.24. The van der Waals surface area contributed by atoms with E-state index in [9.17, 15) is 0 Å². The predicted molar refractivity (Wildman–Crippen MR) is 89.1 cm³/mol. The van der Waals surface area contributed by atoms with E-state index in [-0.39, 0.29) is 0 Å². The Morgan fingerprint density at radius 3 is 2.43 bits per heavy atom. The molecule has 2 rings (SSSR count). The van der Waals surface area contributed by atoms with Crippen LogP contribution in [0, 0.1) is 6.92 Å². The molecule has 0 radical (unpaired) electrons. The standard InChI is InChI=1S/C15H23N5S/c1-5-6-16-13-7-14(20-15(19-13)10(2)3)17-8-12-9-21-11(4)18-12/h7,9-10H,5-6,8H2,1-4H3,(H2,16,17,19,20). The minimum atomic E-state index is 0.301. The summed E-state index contributed by atoms with van der Waals surface area (Å²) in [5.74, 6) is 2.88. The summed E-state index contributed by atoms with van der Waals surface area (Å²) in [6.45, 7) is 9.97. The highest BCUT2D eigenvalue weighted by Crippen LogP contribution is 2.18. The third-order valence-corrected chi connectivity index (χ3v) is 3.76. The van der Waals surface area contributed by atoms with Gasteiger partial charge in [0.1, 0.15) is 17.5 Å². The number of hydrogen-bond donors (Lipinski definition) is 2. The van der Waals surface area contributed by atoms with Gasteiger partial charge in [0, 0.05) is 23.9 Å². The first kappa shape index (κ1) is 15.7. The molecule has 0 atom stereocenters. The summed E-state index contributed by atoms with van der Waals surface area (Å²) < 4.78 is 0. The highest BCUT2D eigenvalue weighted by molar-refractivity contribution is 7.09. The number of aromatic nitrogens is 3. The molecule has 0 saturated heterocycles. The Bertz CT molecular complexity index is 579. The smallest absolute Gasteiger partial charge is 0.135 e. The number of rotatable bonds is 7. The van der Waals surface area contributed by atoms with Crippen LogP contribution < -0.4 is 10.6 Å². The molecule has 0 bridgehead atoms. The van der Waals surface area contributed by atoms with E-state index < -0.39 is 0 Å². The summed E-state index contributed by atoms with van der Waals surface area (Å²) in [4.78, 5) is 13.6. The SMILES string of the molecule is CCCNc1cc(NCc2csc(C)n2)nc(C(C)C)n1. The van der Waals surface area contributed by atoms with Crippen molar-refractivity contribution in [1.82, 2.24) is 15.0 Å². The molecular weight excluding hydrogens is 282 g/mol. The number of nitrogens with one attached hydrogen (secondary N) is 2. The van der Waals surface area contributed by atoms with Crippen LogP contribution in [0.15, 0.2) is 11.4 Å². The minimum Gasteiger partial charge on any atom is -0.370 e. The van der Waals surface area contributed by atoms with E-state index in [0.717, 1.165) is 41.1 Å². The Hall–Kier alpha value is -1.69. The summed E-state index contributed by atoms with van der Waals surface area (Å²) in [5, 5.41) is 9.83. The second-order valence-electron chi connectivity index (χ2n) is 5.29. The molecule has 2 aromatic heterocycles. The maximum absolute atomic E-state index is 4.58. The Balaban J connectivity index is 2.11. The Morgan fingerprint density at radius 2 is 1.86 bits per heavy atom. The lowest BCUT2D eigenvalue weighted by Gasteiger charge is -2.12. The van der Waals surface area contributed by atoms with Crippen LogP contribution in [-0.2, 0) is 6.54 Å². The van der Waals surface area contributed by atoms with Gasteiger partial charge in [-0.1, -0.05) is 20.8 Å². The van der Waals surface area contributed by atoms with Gasteiger partial charge in [-0.3, -0.25) is 0 Å². The zero-order valence-corrected chi connectivity index (χ0v) is 13.9. The lowest BCUT2D eigenvalue weighted by Crippen LogP contribution is -2.09. The van der Waals surface area contributed by atoms with Gasteiger partial charge in [0.2, 0.25) is 0 Å². The van der Waals surface area contributed by atoms with Gasteiger partial charge in [-0.2, -0.15) is 0 Å². The Kier molecular flexibility index (Phi) is 5.50. The molecular formula is C15H23N5S. The third-order valence-electron chi connectivity index (χ3n) is 2.93. The van der Waals surface area contributed by atoms with Crippen molar-refractivity contribution in [1.29, 1.82) is 0 Å². The molecule has 2 N–H and O–H groups in total. The third kappa shape index (κ3) is 4.67. The molecule has 2 heterocycles. The van der Waals surface area contributed by atoms with Crippen LogP contribution in [-0.4, -0.2) is 21.5 Å². The van der Waals surface area contributed by atoms with E-state index >= 15 is 0 Å². The van der Waals surface area contributed by atoms with Gasteiger partial charge in [0.05, 0.1) is 17.2 Å². The second-order valence-corrected chi connectivity index (χ2v) is 6.35. The highest BCUT2D eigenvalue weighted by atomic mass is 32.1. The van der Waals surface area contributed by atoms with E-state index in [1.54, 1.807) is 11.3 Å². The maximum atomic E-state index is 4.58. The van der Waals surface area contributed by atoms with Crippen molar-refractivity contribution in [2.24, 2.45) is 0 Å². The molecule has 2 aromatic rings. The van der Waals surface area contributed by atoms with E-state index in [1.165, 1.54) is 0 Å². The molecule has 0 aliphatic carbocycles. The molecule has 0 unspecified atom stereocenters. The fraction of sp³-hybridized carbons (Fsp3) is 0.533. The number of hydrogen-bond acceptors (Lipinski definition) is 6. The molecule has 0 aromatic carbocycles. The first-order chi connectivity index (χ1) is 10.1. The predicted octanol–water partition coefficient (Wildman–Crippen LogP) is 3.80. The summed E-state index contributed by atoms with van der Waals surface area (Å²) in [6.07, 6.45) is 1.07. The zero-order chi connectivity index (χ0) is 15.2. The summed E-state index contributed by atoms with van der Waals surface area (Å²) in [6, 6.07) is 1.96. The molecule has 0 saturated carbocycles. The fourth-order valence-electron chi connectivity index (χ4n) is 1.83. The lowest BCUT2D eigenvalue weighted by molar-refractivity contribution is 0.773. The molecule has 0 fully saturated rings. The van der Waals surface area contributed by atoms with E-state index in [1.807, 2.05) is 13.0 Å². The van der Waals surface area contributed by atoms with Gasteiger partial charge in [-0.15, -0.1) is 11.3 Å². The normalized spacial score (nSPS) is 10.9. The average molecular weight is 305 g/mol. The molecule has 0 amide bonds. The number of thiazole rings is 1. The van der Waals surface area contributed by atoms with Gasteiger partial charge < -0.3 is 10.6 Å². The van der Waals surface area contributed by atoms with Crippen molar-refractivity contribution in [3.63, 3.8) is 0 Å². The van der Waals surface area contributed by atoms with Crippen LogP contribution in [0.4, 0.5) is 11.6 Å². The Morgan fingerprint density at radius 1 is 1.14 bits per heavy atom. The summed E-state index contributed by atoms with van der Waals surface area (Å²) >= 11 is 1.67. The molecule has 0 aliphatic heterocycles. The van der Waals surface area contributed by atoms with Crippen molar-refractivity contribution >= 4 is 23.0 Å². The zero-order valence-electron chi connectivity index (χ0n) is 13.1. The second kappa shape index (κ2) is 7.36. The number of aryl methyl sites for hydroxylation is 1. The molecule has 114 valence electrons. The Labute approximate surface area is 130 Å². The molecule has 0 aliphatic rings. The fourth-order valence-corrected chi connectivity index (χ4v) is 2.44. The van der Waals surface area contributed by atoms with Crippen LogP contribution >= 0.6 is 11.3 Å². The topological polar surface area (TPSA) is 62.7 Å². The quantitative estimate of drug-likeness (QED) is 0.814. The van der Waals surface area contributed by atoms with Crippen LogP contribution in [0.5, 0.6) is 0 Å². The summed E-state index contributed by atoms with van der Waals surface area (Å²) in [5.41, 5.74) is 1.05. The van der Waals surface area contributed by atoms with Gasteiger partial charge in [0.15, 0.2) is 0 Å². The van der Waals surface area contributed by atoms with Crippen molar-refractivity contribution < 1.29 is 0 Å². The molecule has 21 heavy (non-hydrogen) atoms. The van der Waals surface area contributed by atoms with Crippen molar-refractivity contribution in [2.75, 3.05) is 17.2 Å². The van der Waals surface area contributed by atoms with E-state index in [4.69, 9.17) is 0 Å². The molecule has 5 nitrogen and oxygen atoms in total.